The summed E-state index contributed by atoms with van der Waals surface area (Å²) < 4.78 is 24.6. The maximum Gasteiger partial charge on any atom is 0.161 e. The number of halogens is 2. The first kappa shape index (κ1) is 15.6. The molecular weight excluding hydrogens is 293 g/mol. The van der Waals surface area contributed by atoms with Gasteiger partial charge in [-0.1, -0.05) is 17.7 Å². The van der Waals surface area contributed by atoms with Crippen molar-refractivity contribution in [2.24, 2.45) is 0 Å². The number of hydrogen-bond donors (Lipinski definition) is 1. The Bertz CT molecular complexity index is 619. The molecule has 0 atom stereocenters. The van der Waals surface area contributed by atoms with Crippen LogP contribution in [0.4, 0.5) is 4.39 Å². The van der Waals surface area contributed by atoms with Gasteiger partial charge in [0, 0.05) is 17.1 Å². The molecule has 0 heterocycles. The van der Waals surface area contributed by atoms with Crippen LogP contribution in [0.1, 0.15) is 11.1 Å². The third-order valence-corrected chi connectivity index (χ3v) is 3.23. The van der Waals surface area contributed by atoms with Gasteiger partial charge in [0.05, 0.1) is 7.11 Å². The molecule has 0 amide bonds. The molecule has 0 spiro atoms. The Balaban J connectivity index is 2.14. The number of benzene rings is 2. The van der Waals surface area contributed by atoms with E-state index >= 15 is 0 Å². The Kier molecular flexibility index (Phi) is 5.42. The van der Waals surface area contributed by atoms with Gasteiger partial charge in [-0.15, -0.1) is 0 Å². The van der Waals surface area contributed by atoms with E-state index < -0.39 is 0 Å². The van der Waals surface area contributed by atoms with Crippen molar-refractivity contribution in [3.05, 3.63) is 58.4 Å². The number of hydrogen-bond acceptors (Lipinski definition) is 3. The minimum absolute atomic E-state index is 0.0914. The third kappa shape index (κ3) is 4.09. The molecule has 2 aromatic carbocycles. The highest BCUT2D eigenvalue weighted by molar-refractivity contribution is 6.30. The molecule has 112 valence electrons. The Hall–Kier alpha value is -1.78. The maximum absolute atomic E-state index is 13.6. The molecule has 0 aromatic heterocycles. The highest BCUT2D eigenvalue weighted by atomic mass is 35.5. The molecule has 0 saturated heterocycles. The second-order valence-electron chi connectivity index (χ2n) is 4.54. The minimum atomic E-state index is -0.342. The molecular formula is C16H17ClFNO2. The van der Waals surface area contributed by atoms with Crippen LogP contribution in [0.3, 0.4) is 0 Å². The topological polar surface area (TPSA) is 30.5 Å². The second kappa shape index (κ2) is 7.29. The smallest absolute Gasteiger partial charge is 0.161 e. The van der Waals surface area contributed by atoms with E-state index in [0.29, 0.717) is 22.1 Å². The van der Waals surface area contributed by atoms with Crippen molar-refractivity contribution in [1.29, 1.82) is 0 Å². The lowest BCUT2D eigenvalue weighted by molar-refractivity contribution is 0.279. The van der Waals surface area contributed by atoms with E-state index in [1.807, 2.05) is 25.2 Å². The Labute approximate surface area is 128 Å². The van der Waals surface area contributed by atoms with Gasteiger partial charge in [-0.05, 0) is 42.9 Å². The monoisotopic (exact) mass is 309 g/mol. The summed E-state index contributed by atoms with van der Waals surface area (Å²) in [6, 6.07) is 10.0. The maximum atomic E-state index is 13.6. The molecule has 0 aliphatic heterocycles. The van der Waals surface area contributed by atoms with Gasteiger partial charge in [0.15, 0.2) is 11.5 Å². The zero-order valence-electron chi connectivity index (χ0n) is 12.0. The minimum Gasteiger partial charge on any atom is -0.493 e. The molecule has 5 heteroatoms. The quantitative estimate of drug-likeness (QED) is 0.880. The summed E-state index contributed by atoms with van der Waals surface area (Å²) in [5.41, 5.74) is 1.49. The first-order chi connectivity index (χ1) is 10.1. The lowest BCUT2D eigenvalue weighted by Crippen LogP contribution is -2.06. The molecule has 0 saturated carbocycles. The average Bonchev–Trinajstić information content (AvgIpc) is 2.49. The van der Waals surface area contributed by atoms with Crippen LogP contribution < -0.4 is 14.8 Å². The van der Waals surface area contributed by atoms with E-state index in [1.165, 1.54) is 12.1 Å². The van der Waals surface area contributed by atoms with E-state index in [4.69, 9.17) is 21.1 Å². The average molecular weight is 310 g/mol. The predicted octanol–water partition coefficient (Wildman–Crippen LogP) is 3.79. The van der Waals surface area contributed by atoms with Gasteiger partial charge in [0.2, 0.25) is 0 Å². The molecule has 0 unspecified atom stereocenters. The molecule has 2 rings (SSSR count). The summed E-state index contributed by atoms with van der Waals surface area (Å²) in [6.45, 7) is 0.827. The predicted molar refractivity (Wildman–Crippen MR) is 81.5 cm³/mol. The summed E-state index contributed by atoms with van der Waals surface area (Å²) in [5, 5.41) is 3.54. The summed E-state index contributed by atoms with van der Waals surface area (Å²) >= 11 is 5.86. The highest BCUT2D eigenvalue weighted by Crippen LogP contribution is 2.29. The van der Waals surface area contributed by atoms with E-state index in [2.05, 4.69) is 5.32 Å². The largest absolute Gasteiger partial charge is 0.493 e. The molecule has 0 radical (unpaired) electrons. The van der Waals surface area contributed by atoms with Gasteiger partial charge in [-0.3, -0.25) is 0 Å². The van der Waals surface area contributed by atoms with E-state index in [-0.39, 0.29) is 12.4 Å². The van der Waals surface area contributed by atoms with Crippen LogP contribution in [-0.4, -0.2) is 14.2 Å². The number of rotatable bonds is 6. The molecule has 3 nitrogen and oxygen atoms in total. The van der Waals surface area contributed by atoms with Crippen LogP contribution in [0.2, 0.25) is 5.02 Å². The van der Waals surface area contributed by atoms with E-state index in [1.54, 1.807) is 13.2 Å². The summed E-state index contributed by atoms with van der Waals surface area (Å²) in [6.07, 6.45) is 0. The van der Waals surface area contributed by atoms with Crippen molar-refractivity contribution in [3.63, 3.8) is 0 Å². The van der Waals surface area contributed by atoms with Crippen molar-refractivity contribution < 1.29 is 13.9 Å². The van der Waals surface area contributed by atoms with E-state index in [9.17, 15) is 4.39 Å². The first-order valence-corrected chi connectivity index (χ1v) is 6.90. The Morgan fingerprint density at radius 3 is 2.67 bits per heavy atom. The molecule has 0 aliphatic rings. The lowest BCUT2D eigenvalue weighted by atomic mass is 10.2. The van der Waals surface area contributed by atoms with Crippen LogP contribution in [0.25, 0.3) is 0 Å². The fourth-order valence-electron chi connectivity index (χ4n) is 1.95. The van der Waals surface area contributed by atoms with Gasteiger partial charge in [-0.2, -0.15) is 0 Å². The fourth-order valence-corrected chi connectivity index (χ4v) is 2.15. The van der Waals surface area contributed by atoms with Crippen molar-refractivity contribution in [3.8, 4) is 11.5 Å². The van der Waals surface area contributed by atoms with Crippen molar-refractivity contribution >= 4 is 11.6 Å². The van der Waals surface area contributed by atoms with Gasteiger partial charge < -0.3 is 14.8 Å². The number of ether oxygens (including phenoxy) is 2. The van der Waals surface area contributed by atoms with E-state index in [0.717, 1.165) is 12.1 Å². The lowest BCUT2D eigenvalue weighted by Gasteiger charge is -2.12. The SMILES string of the molecule is CNCc1ccc(OCc2cc(Cl)ccc2F)c(OC)c1. The molecule has 2 aromatic rings. The van der Waals surface area contributed by atoms with Crippen LogP contribution in [-0.2, 0) is 13.2 Å². The van der Waals surface area contributed by atoms with Gasteiger partial charge >= 0.3 is 0 Å². The molecule has 0 bridgehead atoms. The summed E-state index contributed by atoms with van der Waals surface area (Å²) in [5.74, 6) is 0.840. The normalized spacial score (nSPS) is 10.5. The molecule has 1 N–H and O–H groups in total. The standard InChI is InChI=1S/C16H17ClFNO2/c1-19-9-11-3-6-15(16(7-11)20-2)21-10-12-8-13(17)4-5-14(12)18/h3-8,19H,9-10H2,1-2H3. The van der Waals surface area contributed by atoms with Crippen LogP contribution in [0, 0.1) is 5.82 Å². The van der Waals surface area contributed by atoms with Crippen LogP contribution in [0.5, 0.6) is 11.5 Å². The second-order valence-corrected chi connectivity index (χ2v) is 4.98. The zero-order valence-corrected chi connectivity index (χ0v) is 12.7. The van der Waals surface area contributed by atoms with Gasteiger partial charge in [-0.25, -0.2) is 4.39 Å². The third-order valence-electron chi connectivity index (χ3n) is 3.00. The van der Waals surface area contributed by atoms with Crippen molar-refractivity contribution in [2.45, 2.75) is 13.2 Å². The van der Waals surface area contributed by atoms with Crippen molar-refractivity contribution in [2.75, 3.05) is 14.2 Å². The van der Waals surface area contributed by atoms with Gasteiger partial charge in [0.1, 0.15) is 12.4 Å². The van der Waals surface area contributed by atoms with Crippen molar-refractivity contribution in [1.82, 2.24) is 5.32 Å². The molecule has 0 aliphatic carbocycles. The first-order valence-electron chi connectivity index (χ1n) is 6.52. The summed E-state index contributed by atoms with van der Waals surface area (Å²) in [7, 11) is 3.45. The number of nitrogens with one attached hydrogen (secondary N) is 1. The Morgan fingerprint density at radius 1 is 1.14 bits per heavy atom. The zero-order chi connectivity index (χ0) is 15.2. The molecule has 21 heavy (non-hydrogen) atoms. The highest BCUT2D eigenvalue weighted by Gasteiger charge is 2.08. The summed E-state index contributed by atoms with van der Waals surface area (Å²) in [4.78, 5) is 0. The van der Waals surface area contributed by atoms with Crippen LogP contribution in [0.15, 0.2) is 36.4 Å². The number of methoxy groups -OCH3 is 1. The van der Waals surface area contributed by atoms with Gasteiger partial charge in [0.25, 0.3) is 0 Å². The fraction of sp³-hybridized carbons (Fsp3) is 0.250. The van der Waals surface area contributed by atoms with Crippen LogP contribution >= 0.6 is 11.6 Å². The molecule has 0 fully saturated rings. The Morgan fingerprint density at radius 2 is 1.95 bits per heavy atom.